The number of nitrogens with one attached hydrogen (secondary N) is 2. The van der Waals surface area contributed by atoms with Crippen molar-refractivity contribution in [3.8, 4) is 11.5 Å². The van der Waals surface area contributed by atoms with E-state index in [9.17, 15) is 23.2 Å². The standard InChI is InChI=1S/C29H32Cl2F2N2O8/c1-39-10-11-40-17-27(38)43-24-14-28(34-25(36)15-41-18-2-4-20(30)22(32)12-18)6-8-29(24,9-7-28)35-26(37)16-42-19-3-5-21(31)23(33)13-19/h2-5,12-13,24H,6-11,14-17H2,1H3,(H,34,36)(H,35,37). The molecule has 0 saturated heterocycles. The fourth-order valence-electron chi connectivity index (χ4n) is 5.35. The van der Waals surface area contributed by atoms with Crippen LogP contribution in [0.25, 0.3) is 0 Å². The molecule has 2 aromatic carbocycles. The number of benzene rings is 2. The summed E-state index contributed by atoms with van der Waals surface area (Å²) in [5, 5.41) is 5.83. The summed E-state index contributed by atoms with van der Waals surface area (Å²) in [6, 6.07) is 7.71. The zero-order valence-electron chi connectivity index (χ0n) is 23.4. The third-order valence-corrected chi connectivity index (χ3v) is 8.15. The number of hydrogen-bond donors (Lipinski definition) is 2. The smallest absolute Gasteiger partial charge is 0.332 e. The average molecular weight is 645 g/mol. The molecule has 0 radical (unpaired) electrons. The van der Waals surface area contributed by atoms with Crippen LogP contribution in [0.2, 0.25) is 10.0 Å². The van der Waals surface area contributed by atoms with Gasteiger partial charge in [0.25, 0.3) is 11.8 Å². The fourth-order valence-corrected chi connectivity index (χ4v) is 5.59. The van der Waals surface area contributed by atoms with E-state index in [-0.39, 0.29) is 47.8 Å². The first-order valence-corrected chi connectivity index (χ1v) is 14.3. The van der Waals surface area contributed by atoms with Crippen LogP contribution in [-0.4, -0.2) is 75.1 Å². The predicted molar refractivity (Wildman–Crippen MR) is 151 cm³/mol. The Morgan fingerprint density at radius 1 is 0.837 bits per heavy atom. The molecule has 10 nitrogen and oxygen atoms in total. The van der Waals surface area contributed by atoms with Crippen LogP contribution >= 0.6 is 23.2 Å². The topological polar surface area (TPSA) is 121 Å². The molecule has 2 N–H and O–H groups in total. The van der Waals surface area contributed by atoms with E-state index in [2.05, 4.69) is 10.6 Å². The second kappa shape index (κ2) is 14.5. The lowest BCUT2D eigenvalue weighted by Crippen LogP contribution is -2.71. The minimum absolute atomic E-state index is 0.0641. The van der Waals surface area contributed by atoms with Crippen LogP contribution in [0, 0.1) is 11.6 Å². The molecule has 3 aliphatic rings. The number of amides is 2. The highest BCUT2D eigenvalue weighted by Crippen LogP contribution is 2.48. The van der Waals surface area contributed by atoms with Gasteiger partial charge in [0.1, 0.15) is 35.8 Å². The molecule has 1 atom stereocenters. The van der Waals surface area contributed by atoms with Crippen LogP contribution in [0.15, 0.2) is 36.4 Å². The summed E-state index contributed by atoms with van der Waals surface area (Å²) < 4.78 is 54.3. The first kappa shape index (κ1) is 32.7. The van der Waals surface area contributed by atoms with Crippen LogP contribution in [-0.2, 0) is 28.6 Å². The number of rotatable bonds is 14. The summed E-state index contributed by atoms with van der Waals surface area (Å²) in [4.78, 5) is 38.5. The first-order valence-electron chi connectivity index (χ1n) is 13.6. The number of carbonyl (C=O) groups excluding carboxylic acids is 3. The Bertz CT molecular complexity index is 1320. The van der Waals surface area contributed by atoms with Gasteiger partial charge in [0.15, 0.2) is 13.2 Å². The highest BCUT2D eigenvalue weighted by atomic mass is 35.5. The summed E-state index contributed by atoms with van der Waals surface area (Å²) in [5.41, 5.74) is -1.64. The molecule has 2 amide bonds. The summed E-state index contributed by atoms with van der Waals surface area (Å²) in [6.07, 6.45) is 1.17. The number of carbonyl (C=O) groups is 3. The van der Waals surface area contributed by atoms with Gasteiger partial charge >= 0.3 is 5.97 Å². The number of halogens is 4. The van der Waals surface area contributed by atoms with Crippen LogP contribution in [0.4, 0.5) is 8.78 Å². The molecule has 3 fully saturated rings. The van der Waals surface area contributed by atoms with Crippen molar-refractivity contribution in [2.24, 2.45) is 0 Å². The lowest BCUT2D eigenvalue weighted by Gasteiger charge is -2.57. The lowest BCUT2D eigenvalue weighted by molar-refractivity contribution is -0.171. The van der Waals surface area contributed by atoms with Crippen molar-refractivity contribution in [3.05, 3.63) is 58.1 Å². The van der Waals surface area contributed by atoms with Crippen LogP contribution < -0.4 is 20.1 Å². The zero-order valence-corrected chi connectivity index (χ0v) is 24.9. The van der Waals surface area contributed by atoms with E-state index < -0.39 is 53.2 Å². The van der Waals surface area contributed by atoms with Gasteiger partial charge in [-0.05, 0) is 49.9 Å². The molecule has 5 rings (SSSR count). The third-order valence-electron chi connectivity index (χ3n) is 7.53. The van der Waals surface area contributed by atoms with Gasteiger partial charge in [-0.2, -0.15) is 0 Å². The van der Waals surface area contributed by atoms with Crippen molar-refractivity contribution >= 4 is 41.0 Å². The van der Waals surface area contributed by atoms with Crippen molar-refractivity contribution in [1.29, 1.82) is 0 Å². The average Bonchev–Trinajstić information content (AvgIpc) is 2.97. The number of hydrogen-bond acceptors (Lipinski definition) is 8. The van der Waals surface area contributed by atoms with Crippen LogP contribution in [0.1, 0.15) is 32.1 Å². The van der Waals surface area contributed by atoms with Crippen LogP contribution in [0.5, 0.6) is 11.5 Å². The van der Waals surface area contributed by atoms with Gasteiger partial charge in [-0.15, -0.1) is 0 Å². The Labute approximate surface area is 257 Å². The molecule has 3 saturated carbocycles. The van der Waals surface area contributed by atoms with Crippen molar-refractivity contribution in [2.45, 2.75) is 49.3 Å². The molecular formula is C29H32Cl2F2N2O8. The SMILES string of the molecule is COCCOCC(=O)OC1CC2(NC(=O)COc3ccc(Cl)c(F)c3)CCC1(NC(=O)COc1ccc(Cl)c(F)c1)CC2. The molecule has 0 aromatic heterocycles. The second-order valence-electron chi connectivity index (χ2n) is 10.5. The van der Waals surface area contributed by atoms with Gasteiger partial charge in [-0.3, -0.25) is 9.59 Å². The van der Waals surface area contributed by atoms with E-state index in [0.29, 0.717) is 32.3 Å². The summed E-state index contributed by atoms with van der Waals surface area (Å²) in [6.45, 7) is -0.606. The lowest BCUT2D eigenvalue weighted by atomic mass is 9.59. The Morgan fingerprint density at radius 2 is 1.40 bits per heavy atom. The Kier molecular flexibility index (Phi) is 11.0. The van der Waals surface area contributed by atoms with Crippen LogP contribution in [0.3, 0.4) is 0 Å². The maximum absolute atomic E-state index is 13.8. The third kappa shape index (κ3) is 8.69. The van der Waals surface area contributed by atoms with Gasteiger partial charge in [0, 0.05) is 31.2 Å². The molecule has 14 heteroatoms. The van der Waals surface area contributed by atoms with E-state index in [1.54, 1.807) is 0 Å². The number of ether oxygens (including phenoxy) is 5. The van der Waals surface area contributed by atoms with E-state index in [1.165, 1.54) is 31.4 Å². The molecule has 2 aromatic rings. The number of methoxy groups -OCH3 is 1. The quantitative estimate of drug-likeness (QED) is 0.234. The van der Waals surface area contributed by atoms with E-state index in [4.69, 9.17) is 46.9 Å². The van der Waals surface area contributed by atoms with Crippen molar-refractivity contribution in [2.75, 3.05) is 40.1 Å². The van der Waals surface area contributed by atoms with Crippen molar-refractivity contribution in [3.63, 3.8) is 0 Å². The monoisotopic (exact) mass is 644 g/mol. The normalized spacial score (nSPS) is 22.5. The van der Waals surface area contributed by atoms with Crippen molar-refractivity contribution < 1.29 is 46.8 Å². The molecule has 2 bridgehead atoms. The summed E-state index contributed by atoms with van der Waals surface area (Å²) in [7, 11) is 1.51. The minimum atomic E-state index is -0.919. The Balaban J connectivity index is 1.40. The Morgan fingerprint density at radius 3 is 1.93 bits per heavy atom. The Hall–Kier alpha value is -3.19. The molecule has 234 valence electrons. The number of fused-ring (bicyclic) bond motifs is 3. The maximum atomic E-state index is 13.8. The first-order chi connectivity index (χ1) is 20.5. The highest BCUT2D eigenvalue weighted by molar-refractivity contribution is 6.31. The molecular weight excluding hydrogens is 613 g/mol. The molecule has 3 aliphatic carbocycles. The van der Waals surface area contributed by atoms with E-state index in [1.807, 2.05) is 0 Å². The van der Waals surface area contributed by atoms with E-state index >= 15 is 0 Å². The van der Waals surface area contributed by atoms with E-state index in [0.717, 1.165) is 12.1 Å². The highest BCUT2D eigenvalue weighted by Gasteiger charge is 2.57. The molecule has 0 aliphatic heterocycles. The molecule has 43 heavy (non-hydrogen) atoms. The van der Waals surface area contributed by atoms with Gasteiger partial charge in [-0.1, -0.05) is 23.2 Å². The molecule has 0 spiro atoms. The number of esters is 1. The van der Waals surface area contributed by atoms with Gasteiger partial charge in [-0.25, -0.2) is 13.6 Å². The fraction of sp³-hybridized carbons (Fsp3) is 0.483. The molecule has 0 heterocycles. The van der Waals surface area contributed by atoms with Gasteiger partial charge in [0.05, 0.1) is 28.8 Å². The van der Waals surface area contributed by atoms with Gasteiger partial charge < -0.3 is 34.3 Å². The predicted octanol–water partition coefficient (Wildman–Crippen LogP) is 3.99. The second-order valence-corrected chi connectivity index (χ2v) is 11.3. The van der Waals surface area contributed by atoms with Gasteiger partial charge in [0.2, 0.25) is 0 Å². The minimum Gasteiger partial charge on any atom is -0.484 e. The summed E-state index contributed by atoms with van der Waals surface area (Å²) in [5.74, 6) is -2.64. The zero-order chi connectivity index (χ0) is 31.0. The van der Waals surface area contributed by atoms with Crippen molar-refractivity contribution in [1.82, 2.24) is 10.6 Å². The largest absolute Gasteiger partial charge is 0.484 e. The summed E-state index contributed by atoms with van der Waals surface area (Å²) >= 11 is 11.4. The maximum Gasteiger partial charge on any atom is 0.332 e. The molecule has 1 unspecified atom stereocenters.